The zero-order valence-electron chi connectivity index (χ0n) is 7.17. The molecule has 1 heterocycles. The lowest BCUT2D eigenvalue weighted by atomic mass is 10.3. The van der Waals surface area contributed by atoms with Crippen molar-refractivity contribution < 1.29 is 22.5 Å². The van der Waals surface area contributed by atoms with Crippen molar-refractivity contribution in [2.24, 2.45) is 0 Å². The molecule has 1 aromatic rings. The van der Waals surface area contributed by atoms with Gasteiger partial charge < -0.3 is 4.74 Å². The van der Waals surface area contributed by atoms with E-state index in [1.165, 1.54) is 12.3 Å². The summed E-state index contributed by atoms with van der Waals surface area (Å²) in [7, 11) is -3.36. The maximum atomic E-state index is 11.0. The van der Waals surface area contributed by atoms with E-state index in [2.05, 4.69) is 9.72 Å². The number of nitrogens with zero attached hydrogens (tertiary/aromatic N) is 1. The van der Waals surface area contributed by atoms with Gasteiger partial charge in [-0.3, -0.25) is 4.55 Å². The molecule has 0 radical (unpaired) electrons. The summed E-state index contributed by atoms with van der Waals surface area (Å²) in [5.74, 6) is -0.918. The molecular weight excluding hydrogens is 210 g/mol. The van der Waals surface area contributed by atoms with Gasteiger partial charge in [0.2, 0.25) is 0 Å². The zero-order valence-corrected chi connectivity index (χ0v) is 7.98. The third-order valence-corrected chi connectivity index (χ3v) is 2.31. The predicted octanol–water partition coefficient (Wildman–Crippen LogP) is 0.115. The monoisotopic (exact) mass is 217 g/mol. The molecule has 0 saturated heterocycles. The highest BCUT2D eigenvalue weighted by atomic mass is 32.2. The molecule has 76 valence electrons. The molecule has 0 atom stereocenters. The number of carbonyl (C=O) groups excluding carboxylic acids is 1. The van der Waals surface area contributed by atoms with Crippen LogP contribution in [0.2, 0.25) is 0 Å². The van der Waals surface area contributed by atoms with Gasteiger partial charge in [-0.15, -0.1) is 0 Å². The van der Waals surface area contributed by atoms with Crippen molar-refractivity contribution >= 4 is 16.1 Å². The topological polar surface area (TPSA) is 93.6 Å². The number of aromatic nitrogens is 1. The zero-order chi connectivity index (χ0) is 10.8. The van der Waals surface area contributed by atoms with Crippen molar-refractivity contribution in [3.05, 3.63) is 24.0 Å². The van der Waals surface area contributed by atoms with Crippen LogP contribution in [-0.4, -0.2) is 31.0 Å². The average Bonchev–Trinajstić information content (AvgIpc) is 2.15. The first kappa shape index (κ1) is 10.6. The van der Waals surface area contributed by atoms with E-state index < -0.39 is 26.7 Å². The first-order valence-corrected chi connectivity index (χ1v) is 4.91. The van der Waals surface area contributed by atoms with Crippen molar-refractivity contribution in [2.75, 3.05) is 7.11 Å². The average molecular weight is 217 g/mol. The van der Waals surface area contributed by atoms with E-state index in [-0.39, 0.29) is 0 Å². The molecule has 0 aliphatic heterocycles. The van der Waals surface area contributed by atoms with Crippen LogP contribution in [0.15, 0.2) is 23.2 Å². The summed E-state index contributed by atoms with van der Waals surface area (Å²) in [6, 6.07) is 2.35. The Kier molecular flexibility index (Phi) is 2.82. The highest BCUT2D eigenvalue weighted by Crippen LogP contribution is 2.12. The predicted molar refractivity (Wildman–Crippen MR) is 45.4 cm³/mol. The van der Waals surface area contributed by atoms with Gasteiger partial charge in [-0.05, 0) is 12.1 Å². The molecule has 0 bridgehead atoms. The second kappa shape index (κ2) is 3.72. The number of ether oxygens (including phenoxy) is 1. The van der Waals surface area contributed by atoms with Crippen LogP contribution >= 0.6 is 0 Å². The van der Waals surface area contributed by atoms with Gasteiger partial charge in [0.1, 0.15) is 4.90 Å². The highest BCUT2D eigenvalue weighted by molar-refractivity contribution is 7.86. The van der Waals surface area contributed by atoms with Gasteiger partial charge >= 0.3 is 5.97 Å². The number of hydrogen-bond acceptors (Lipinski definition) is 5. The number of pyridine rings is 1. The van der Waals surface area contributed by atoms with Crippen molar-refractivity contribution in [3.8, 4) is 0 Å². The molecule has 14 heavy (non-hydrogen) atoms. The van der Waals surface area contributed by atoms with E-state index in [4.69, 9.17) is 4.55 Å². The van der Waals surface area contributed by atoms with Crippen molar-refractivity contribution in [1.29, 1.82) is 0 Å². The normalized spacial score (nSPS) is 11.0. The standard InChI is InChI=1S/C7H7NO5S/c1-13-7(9)6-5(14(10,11)12)3-2-4-8-6/h2-4H,1H3,(H,10,11,12). The molecule has 0 amide bonds. The fraction of sp³-hybridized carbons (Fsp3) is 0.143. The molecule has 1 aromatic heterocycles. The fourth-order valence-corrected chi connectivity index (χ4v) is 1.48. The Labute approximate surface area is 80.3 Å². The van der Waals surface area contributed by atoms with E-state index in [0.29, 0.717) is 0 Å². The Morgan fingerprint density at radius 3 is 2.71 bits per heavy atom. The van der Waals surface area contributed by atoms with Gasteiger partial charge in [0, 0.05) is 6.20 Å². The van der Waals surface area contributed by atoms with Crippen molar-refractivity contribution in [3.63, 3.8) is 0 Å². The maximum absolute atomic E-state index is 11.0. The largest absolute Gasteiger partial charge is 0.464 e. The Balaban J connectivity index is 3.38. The summed E-state index contributed by atoms with van der Waals surface area (Å²) in [6.45, 7) is 0. The lowest BCUT2D eigenvalue weighted by Crippen LogP contribution is -2.11. The minimum atomic E-state index is -4.45. The lowest BCUT2D eigenvalue weighted by molar-refractivity contribution is 0.0589. The van der Waals surface area contributed by atoms with Gasteiger partial charge in [0.25, 0.3) is 10.1 Å². The molecule has 1 N–H and O–H groups in total. The molecule has 0 aliphatic carbocycles. The second-order valence-corrected chi connectivity index (χ2v) is 3.71. The van der Waals surface area contributed by atoms with E-state index in [1.54, 1.807) is 0 Å². The summed E-state index contributed by atoms with van der Waals surface area (Å²) in [5, 5.41) is 0. The van der Waals surface area contributed by atoms with Crippen molar-refractivity contribution in [2.45, 2.75) is 4.90 Å². The summed E-state index contributed by atoms with van der Waals surface area (Å²) < 4.78 is 34.6. The minimum absolute atomic E-state index is 0.433. The first-order chi connectivity index (χ1) is 6.46. The molecule has 0 unspecified atom stereocenters. The number of rotatable bonds is 2. The second-order valence-electron chi connectivity index (χ2n) is 2.32. The van der Waals surface area contributed by atoms with Gasteiger partial charge in [0.15, 0.2) is 5.69 Å². The van der Waals surface area contributed by atoms with Gasteiger partial charge in [0.05, 0.1) is 7.11 Å². The highest BCUT2D eigenvalue weighted by Gasteiger charge is 2.21. The van der Waals surface area contributed by atoms with Crippen LogP contribution < -0.4 is 0 Å². The van der Waals surface area contributed by atoms with E-state index in [9.17, 15) is 13.2 Å². The number of hydrogen-bond donors (Lipinski definition) is 1. The summed E-state index contributed by atoms with van der Waals surface area (Å²) in [4.78, 5) is 14.0. The summed E-state index contributed by atoms with van der Waals surface area (Å²) in [6.07, 6.45) is 1.22. The molecule has 1 rings (SSSR count). The van der Waals surface area contributed by atoms with Crippen LogP contribution in [0.4, 0.5) is 0 Å². The van der Waals surface area contributed by atoms with Crippen LogP contribution in [0.1, 0.15) is 10.5 Å². The fourth-order valence-electron chi connectivity index (χ4n) is 0.849. The molecule has 0 aliphatic rings. The maximum Gasteiger partial charge on any atom is 0.358 e. The number of carbonyl (C=O) groups is 1. The molecule has 0 saturated carbocycles. The quantitative estimate of drug-likeness (QED) is 0.558. The van der Waals surface area contributed by atoms with Crippen LogP contribution in [0.3, 0.4) is 0 Å². The molecule has 7 heteroatoms. The van der Waals surface area contributed by atoms with Gasteiger partial charge in [-0.25, -0.2) is 9.78 Å². The van der Waals surface area contributed by atoms with E-state index in [0.717, 1.165) is 13.2 Å². The molecule has 0 aromatic carbocycles. The Hall–Kier alpha value is -1.47. The summed E-state index contributed by atoms with van der Waals surface area (Å²) >= 11 is 0. The van der Waals surface area contributed by atoms with Crippen LogP contribution in [0.5, 0.6) is 0 Å². The van der Waals surface area contributed by atoms with E-state index >= 15 is 0 Å². The van der Waals surface area contributed by atoms with E-state index in [1.807, 2.05) is 0 Å². The first-order valence-electron chi connectivity index (χ1n) is 3.47. The molecular formula is C7H7NO5S. The van der Waals surface area contributed by atoms with Gasteiger partial charge in [-0.1, -0.05) is 0 Å². The SMILES string of the molecule is COC(=O)c1ncccc1S(=O)(=O)O. The summed E-state index contributed by atoms with van der Waals surface area (Å²) in [5.41, 5.74) is -0.433. The molecule has 0 fully saturated rings. The minimum Gasteiger partial charge on any atom is -0.464 e. The third-order valence-electron chi connectivity index (χ3n) is 1.43. The van der Waals surface area contributed by atoms with Gasteiger partial charge in [-0.2, -0.15) is 8.42 Å². The Bertz CT molecular complexity index is 453. The number of methoxy groups -OCH3 is 1. The molecule has 0 spiro atoms. The lowest BCUT2D eigenvalue weighted by Gasteiger charge is -2.02. The third kappa shape index (κ3) is 2.06. The van der Waals surface area contributed by atoms with Crippen molar-refractivity contribution in [1.82, 2.24) is 4.98 Å². The van der Waals surface area contributed by atoms with Crippen LogP contribution in [0.25, 0.3) is 0 Å². The smallest absolute Gasteiger partial charge is 0.358 e. The Morgan fingerprint density at radius 1 is 1.57 bits per heavy atom. The Morgan fingerprint density at radius 2 is 2.21 bits per heavy atom. The van der Waals surface area contributed by atoms with Crippen LogP contribution in [0, 0.1) is 0 Å². The number of esters is 1. The molecule has 6 nitrogen and oxygen atoms in total. The van der Waals surface area contributed by atoms with Crippen LogP contribution in [-0.2, 0) is 14.9 Å².